The second kappa shape index (κ2) is 7.39. The number of halogens is 1. The van der Waals surface area contributed by atoms with E-state index < -0.39 is 10.0 Å². The van der Waals surface area contributed by atoms with Crippen LogP contribution in [-0.2, 0) is 10.0 Å². The van der Waals surface area contributed by atoms with Crippen LogP contribution in [0.4, 0.5) is 5.69 Å². The number of ether oxygens (including phenoxy) is 2. The van der Waals surface area contributed by atoms with Gasteiger partial charge in [0, 0.05) is 11.6 Å². The van der Waals surface area contributed by atoms with E-state index in [9.17, 15) is 8.42 Å². The molecule has 1 heterocycles. The average molecular weight is 393 g/mol. The lowest BCUT2D eigenvalue weighted by molar-refractivity contribution is 0.343. The summed E-state index contributed by atoms with van der Waals surface area (Å²) in [6.07, 6.45) is 1.60. The van der Waals surface area contributed by atoms with E-state index in [1.54, 1.807) is 36.5 Å². The number of rotatable bonds is 6. The summed E-state index contributed by atoms with van der Waals surface area (Å²) >= 11 is 6.07. The van der Waals surface area contributed by atoms with Gasteiger partial charge in [-0.2, -0.15) is 0 Å². The summed E-state index contributed by atoms with van der Waals surface area (Å²) in [5.74, 6) is 1.000. The zero-order chi connectivity index (χ0) is 18.7. The fourth-order valence-corrected chi connectivity index (χ4v) is 4.07. The molecule has 0 fully saturated rings. The predicted molar refractivity (Wildman–Crippen MR) is 102 cm³/mol. The Hall–Kier alpha value is -2.51. The summed E-state index contributed by atoms with van der Waals surface area (Å²) in [7, 11) is -2.36. The second-order valence-corrected chi connectivity index (χ2v) is 7.41. The third-order valence-corrected chi connectivity index (χ3v) is 5.42. The number of anilines is 1. The maximum atomic E-state index is 12.9. The van der Waals surface area contributed by atoms with Crippen LogP contribution in [0.3, 0.4) is 0 Å². The molecule has 0 saturated carbocycles. The number of sulfonamides is 1. The summed E-state index contributed by atoms with van der Waals surface area (Å²) in [6.45, 7) is 2.31. The highest BCUT2D eigenvalue weighted by Crippen LogP contribution is 2.32. The van der Waals surface area contributed by atoms with Gasteiger partial charge in [0.05, 0.1) is 29.3 Å². The van der Waals surface area contributed by atoms with Gasteiger partial charge in [-0.15, -0.1) is 0 Å². The summed E-state index contributed by atoms with van der Waals surface area (Å²) in [5, 5.41) is 0.788. The molecule has 0 unspecified atom stereocenters. The van der Waals surface area contributed by atoms with Gasteiger partial charge in [0.1, 0.15) is 17.0 Å². The monoisotopic (exact) mass is 392 g/mol. The molecular formula is C18H17ClN2O4S. The Balaban J connectivity index is 2.05. The first-order valence-corrected chi connectivity index (χ1v) is 9.69. The Morgan fingerprint density at radius 3 is 2.62 bits per heavy atom. The summed E-state index contributed by atoms with van der Waals surface area (Å²) < 4.78 is 38.9. The molecule has 0 radical (unpaired) electrons. The molecule has 0 aliphatic rings. The van der Waals surface area contributed by atoms with Crippen molar-refractivity contribution in [1.29, 1.82) is 0 Å². The molecular weight excluding hydrogens is 376 g/mol. The van der Waals surface area contributed by atoms with Crippen molar-refractivity contribution in [2.24, 2.45) is 0 Å². The molecule has 0 amide bonds. The molecule has 0 aliphatic carbocycles. The normalized spacial score (nSPS) is 11.3. The van der Waals surface area contributed by atoms with Crippen molar-refractivity contribution in [2.75, 3.05) is 18.4 Å². The third kappa shape index (κ3) is 3.54. The van der Waals surface area contributed by atoms with Gasteiger partial charge in [-0.25, -0.2) is 8.42 Å². The molecule has 1 N–H and O–H groups in total. The lowest BCUT2D eigenvalue weighted by Gasteiger charge is -2.13. The van der Waals surface area contributed by atoms with Crippen molar-refractivity contribution in [3.8, 4) is 11.5 Å². The molecule has 0 saturated heterocycles. The molecule has 0 bridgehead atoms. The molecule has 1 aromatic heterocycles. The van der Waals surface area contributed by atoms with Crippen LogP contribution >= 0.6 is 11.6 Å². The largest absolute Gasteiger partial charge is 0.495 e. The van der Waals surface area contributed by atoms with E-state index in [0.717, 1.165) is 0 Å². The van der Waals surface area contributed by atoms with Crippen molar-refractivity contribution in [2.45, 2.75) is 11.8 Å². The first kappa shape index (κ1) is 18.3. The summed E-state index contributed by atoms with van der Waals surface area (Å²) in [4.78, 5) is 4.37. The molecule has 0 atom stereocenters. The standard InChI is InChI=1S/C18H17ClN2O4S/c1-3-25-16-8-9-17(13-5-4-10-20-18(13)16)26(22,23)21-12-6-7-15(24-2)14(19)11-12/h4-11,21H,3H2,1-2H3. The van der Waals surface area contributed by atoms with E-state index in [-0.39, 0.29) is 4.90 Å². The summed E-state index contributed by atoms with van der Waals surface area (Å²) in [5.41, 5.74) is 0.826. The number of methoxy groups -OCH3 is 1. The van der Waals surface area contributed by atoms with Crippen LogP contribution in [0.25, 0.3) is 10.9 Å². The molecule has 0 aliphatic heterocycles. The Labute approximate surface area is 156 Å². The van der Waals surface area contributed by atoms with Crippen LogP contribution in [0.15, 0.2) is 53.6 Å². The Bertz CT molecular complexity index is 1050. The second-order valence-electron chi connectivity index (χ2n) is 5.35. The van der Waals surface area contributed by atoms with Crippen LogP contribution in [-0.4, -0.2) is 27.1 Å². The van der Waals surface area contributed by atoms with Gasteiger partial charge in [-0.1, -0.05) is 11.6 Å². The van der Waals surface area contributed by atoms with Gasteiger partial charge in [-0.05, 0) is 49.4 Å². The number of aromatic nitrogens is 1. The highest BCUT2D eigenvalue weighted by Gasteiger charge is 2.20. The topological polar surface area (TPSA) is 77.5 Å². The first-order chi connectivity index (χ1) is 12.5. The lowest BCUT2D eigenvalue weighted by atomic mass is 10.2. The predicted octanol–water partition coefficient (Wildman–Crippen LogP) is 4.10. The fraction of sp³-hybridized carbons (Fsp3) is 0.167. The highest BCUT2D eigenvalue weighted by atomic mass is 35.5. The number of hydrogen-bond acceptors (Lipinski definition) is 5. The Morgan fingerprint density at radius 1 is 1.15 bits per heavy atom. The number of hydrogen-bond donors (Lipinski definition) is 1. The van der Waals surface area contributed by atoms with E-state index in [1.807, 2.05) is 6.92 Å². The molecule has 3 rings (SSSR count). The molecule has 8 heteroatoms. The minimum atomic E-state index is -3.85. The SMILES string of the molecule is CCOc1ccc(S(=O)(=O)Nc2ccc(OC)c(Cl)c2)c2cccnc12. The van der Waals surface area contributed by atoms with Crippen molar-refractivity contribution in [1.82, 2.24) is 4.98 Å². The Morgan fingerprint density at radius 2 is 1.92 bits per heavy atom. The quantitative estimate of drug-likeness (QED) is 0.683. The van der Waals surface area contributed by atoms with Gasteiger partial charge in [0.25, 0.3) is 10.0 Å². The molecule has 3 aromatic rings. The number of nitrogens with one attached hydrogen (secondary N) is 1. The molecule has 136 valence electrons. The van der Waals surface area contributed by atoms with Crippen molar-refractivity contribution < 1.29 is 17.9 Å². The lowest BCUT2D eigenvalue weighted by Crippen LogP contribution is -2.13. The van der Waals surface area contributed by atoms with E-state index in [1.165, 1.54) is 19.2 Å². The maximum Gasteiger partial charge on any atom is 0.262 e. The van der Waals surface area contributed by atoms with Gasteiger partial charge in [-0.3, -0.25) is 9.71 Å². The number of pyridine rings is 1. The van der Waals surface area contributed by atoms with Gasteiger partial charge in [0.2, 0.25) is 0 Å². The summed E-state index contributed by atoms with van der Waals surface area (Å²) in [6, 6.07) is 11.2. The number of fused-ring (bicyclic) bond motifs is 1. The minimum Gasteiger partial charge on any atom is -0.495 e. The van der Waals surface area contributed by atoms with Crippen LogP contribution in [0, 0.1) is 0 Å². The first-order valence-electron chi connectivity index (χ1n) is 7.83. The molecule has 6 nitrogen and oxygen atoms in total. The molecule has 2 aromatic carbocycles. The molecule has 26 heavy (non-hydrogen) atoms. The minimum absolute atomic E-state index is 0.107. The zero-order valence-electron chi connectivity index (χ0n) is 14.2. The van der Waals surface area contributed by atoms with Crippen LogP contribution < -0.4 is 14.2 Å². The highest BCUT2D eigenvalue weighted by molar-refractivity contribution is 7.93. The van der Waals surface area contributed by atoms with Crippen LogP contribution in [0.1, 0.15) is 6.92 Å². The van der Waals surface area contributed by atoms with Crippen LogP contribution in [0.5, 0.6) is 11.5 Å². The van der Waals surface area contributed by atoms with Crippen molar-refractivity contribution in [3.63, 3.8) is 0 Å². The van der Waals surface area contributed by atoms with E-state index >= 15 is 0 Å². The van der Waals surface area contributed by atoms with Crippen molar-refractivity contribution >= 4 is 38.2 Å². The smallest absolute Gasteiger partial charge is 0.262 e. The van der Waals surface area contributed by atoms with E-state index in [4.69, 9.17) is 21.1 Å². The van der Waals surface area contributed by atoms with E-state index in [0.29, 0.717) is 39.7 Å². The van der Waals surface area contributed by atoms with E-state index in [2.05, 4.69) is 9.71 Å². The maximum absolute atomic E-state index is 12.9. The average Bonchev–Trinajstić information content (AvgIpc) is 2.62. The zero-order valence-corrected chi connectivity index (χ0v) is 15.8. The van der Waals surface area contributed by atoms with Gasteiger partial charge >= 0.3 is 0 Å². The molecule has 0 spiro atoms. The van der Waals surface area contributed by atoms with Gasteiger partial charge in [0.15, 0.2) is 0 Å². The fourth-order valence-electron chi connectivity index (χ4n) is 2.57. The third-order valence-electron chi connectivity index (χ3n) is 3.69. The van der Waals surface area contributed by atoms with Crippen LogP contribution in [0.2, 0.25) is 5.02 Å². The van der Waals surface area contributed by atoms with Crippen molar-refractivity contribution in [3.05, 3.63) is 53.7 Å². The van der Waals surface area contributed by atoms with Gasteiger partial charge < -0.3 is 9.47 Å². The number of benzene rings is 2. The number of nitrogens with zero attached hydrogens (tertiary/aromatic N) is 1. The Kier molecular flexibility index (Phi) is 5.20.